The molecule has 0 radical (unpaired) electrons. The van der Waals surface area contributed by atoms with Gasteiger partial charge in [-0.2, -0.15) is 0 Å². The Kier molecular flexibility index (Phi) is 6.85. The second-order valence-electron chi connectivity index (χ2n) is 4.22. The van der Waals surface area contributed by atoms with Crippen molar-refractivity contribution in [2.45, 2.75) is 32.7 Å². The van der Waals surface area contributed by atoms with E-state index in [1.54, 1.807) is 19.1 Å². The van der Waals surface area contributed by atoms with Crippen LogP contribution in [0.4, 0.5) is 0 Å². The van der Waals surface area contributed by atoms with Gasteiger partial charge in [-0.3, -0.25) is 4.79 Å². The SMILES string of the molecule is CC(=O)OC/C=C\[C@@H](O)[C@H](C)OCc1ccccc1. The number of hydrogen-bond donors (Lipinski definition) is 1. The molecule has 2 atom stereocenters. The Labute approximate surface area is 113 Å². The zero-order chi connectivity index (χ0) is 14.1. The average molecular weight is 264 g/mol. The van der Waals surface area contributed by atoms with Crippen LogP contribution < -0.4 is 0 Å². The van der Waals surface area contributed by atoms with Crippen molar-refractivity contribution in [1.82, 2.24) is 0 Å². The van der Waals surface area contributed by atoms with E-state index in [9.17, 15) is 9.90 Å². The maximum atomic E-state index is 10.5. The van der Waals surface area contributed by atoms with E-state index in [4.69, 9.17) is 9.47 Å². The molecule has 0 heterocycles. The number of benzene rings is 1. The van der Waals surface area contributed by atoms with Gasteiger partial charge in [0.05, 0.1) is 18.8 Å². The summed E-state index contributed by atoms with van der Waals surface area (Å²) in [5.41, 5.74) is 1.06. The Morgan fingerprint density at radius 2 is 2.05 bits per heavy atom. The van der Waals surface area contributed by atoms with Gasteiger partial charge in [-0.15, -0.1) is 0 Å². The minimum Gasteiger partial charge on any atom is -0.462 e. The molecule has 0 saturated heterocycles. The normalized spacial score (nSPS) is 14.3. The van der Waals surface area contributed by atoms with Gasteiger partial charge in [0.25, 0.3) is 0 Å². The minimum atomic E-state index is -0.723. The maximum Gasteiger partial charge on any atom is 0.302 e. The second kappa shape index (κ2) is 8.45. The van der Waals surface area contributed by atoms with Crippen molar-refractivity contribution in [2.24, 2.45) is 0 Å². The number of esters is 1. The van der Waals surface area contributed by atoms with Crippen LogP contribution in [0.5, 0.6) is 0 Å². The Hall–Kier alpha value is -1.65. The van der Waals surface area contributed by atoms with E-state index >= 15 is 0 Å². The van der Waals surface area contributed by atoms with Crippen LogP contribution in [0.3, 0.4) is 0 Å². The van der Waals surface area contributed by atoms with E-state index in [2.05, 4.69) is 0 Å². The first-order valence-electron chi connectivity index (χ1n) is 6.23. The largest absolute Gasteiger partial charge is 0.462 e. The summed E-state index contributed by atoms with van der Waals surface area (Å²) in [7, 11) is 0. The number of ether oxygens (including phenoxy) is 2. The first-order chi connectivity index (χ1) is 9.09. The fourth-order valence-corrected chi connectivity index (χ4v) is 1.42. The van der Waals surface area contributed by atoms with Gasteiger partial charge in [0.1, 0.15) is 6.61 Å². The zero-order valence-electron chi connectivity index (χ0n) is 11.3. The highest BCUT2D eigenvalue weighted by atomic mass is 16.5. The molecule has 0 spiro atoms. The molecular weight excluding hydrogens is 244 g/mol. The van der Waals surface area contributed by atoms with Gasteiger partial charge in [-0.25, -0.2) is 0 Å². The van der Waals surface area contributed by atoms with Gasteiger partial charge < -0.3 is 14.6 Å². The molecule has 4 heteroatoms. The van der Waals surface area contributed by atoms with Crippen molar-refractivity contribution in [3.8, 4) is 0 Å². The summed E-state index contributed by atoms with van der Waals surface area (Å²) < 4.78 is 10.3. The molecule has 0 amide bonds. The molecule has 1 aromatic carbocycles. The topological polar surface area (TPSA) is 55.8 Å². The number of rotatable bonds is 7. The van der Waals surface area contributed by atoms with E-state index in [0.29, 0.717) is 6.61 Å². The Morgan fingerprint density at radius 3 is 2.68 bits per heavy atom. The molecule has 1 aromatic rings. The van der Waals surface area contributed by atoms with E-state index in [1.165, 1.54) is 6.92 Å². The molecule has 104 valence electrons. The van der Waals surface area contributed by atoms with E-state index < -0.39 is 6.10 Å². The first-order valence-corrected chi connectivity index (χ1v) is 6.23. The minimum absolute atomic E-state index is 0.164. The maximum absolute atomic E-state index is 10.5. The van der Waals surface area contributed by atoms with E-state index in [0.717, 1.165) is 5.56 Å². The summed E-state index contributed by atoms with van der Waals surface area (Å²) in [4.78, 5) is 10.5. The molecule has 0 unspecified atom stereocenters. The number of aliphatic hydroxyl groups is 1. The van der Waals surface area contributed by atoms with Gasteiger partial charge >= 0.3 is 5.97 Å². The molecule has 0 aliphatic heterocycles. The van der Waals surface area contributed by atoms with Crippen molar-refractivity contribution >= 4 is 5.97 Å². The standard InChI is InChI=1S/C15H20O4/c1-12(15(17)9-6-10-18-13(2)16)19-11-14-7-4-3-5-8-14/h3-9,12,15,17H,10-11H2,1-2H3/b9-6-/t12-,15+/m0/s1. The molecule has 0 bridgehead atoms. The third-order valence-corrected chi connectivity index (χ3v) is 2.55. The first kappa shape index (κ1) is 15.4. The smallest absolute Gasteiger partial charge is 0.302 e. The van der Waals surface area contributed by atoms with Crippen LogP contribution in [-0.2, 0) is 20.9 Å². The predicted octanol–water partition coefficient (Wildman–Crippen LogP) is 2.07. The van der Waals surface area contributed by atoms with Crippen LogP contribution in [0.2, 0.25) is 0 Å². The number of carbonyl (C=O) groups is 1. The predicted molar refractivity (Wildman–Crippen MR) is 72.5 cm³/mol. The third kappa shape index (κ3) is 6.74. The molecule has 19 heavy (non-hydrogen) atoms. The van der Waals surface area contributed by atoms with Crippen molar-refractivity contribution in [2.75, 3.05) is 6.61 Å². The van der Waals surface area contributed by atoms with E-state index in [-0.39, 0.29) is 18.7 Å². The van der Waals surface area contributed by atoms with Gasteiger partial charge in [-0.05, 0) is 18.6 Å². The number of aliphatic hydroxyl groups excluding tert-OH is 1. The molecule has 4 nitrogen and oxygen atoms in total. The lowest BCUT2D eigenvalue weighted by molar-refractivity contribution is -0.139. The van der Waals surface area contributed by atoms with Crippen LogP contribution in [0, 0.1) is 0 Å². The van der Waals surface area contributed by atoms with Crippen LogP contribution in [0.1, 0.15) is 19.4 Å². The fraction of sp³-hybridized carbons (Fsp3) is 0.400. The van der Waals surface area contributed by atoms with Crippen LogP contribution in [0.25, 0.3) is 0 Å². The van der Waals surface area contributed by atoms with Gasteiger partial charge in [0.2, 0.25) is 0 Å². The lowest BCUT2D eigenvalue weighted by Crippen LogP contribution is -2.24. The molecule has 1 N–H and O–H groups in total. The fourth-order valence-electron chi connectivity index (χ4n) is 1.42. The van der Waals surface area contributed by atoms with Crippen LogP contribution in [0.15, 0.2) is 42.5 Å². The summed E-state index contributed by atoms with van der Waals surface area (Å²) in [6, 6.07) is 9.77. The highest BCUT2D eigenvalue weighted by Crippen LogP contribution is 2.06. The quantitative estimate of drug-likeness (QED) is 0.605. The molecule has 1 rings (SSSR count). The molecule has 0 fully saturated rings. The van der Waals surface area contributed by atoms with Gasteiger partial charge in [-0.1, -0.05) is 36.4 Å². The monoisotopic (exact) mass is 264 g/mol. The molecule has 0 aliphatic carbocycles. The van der Waals surface area contributed by atoms with Crippen LogP contribution in [-0.4, -0.2) is 29.9 Å². The Bertz CT molecular complexity index is 400. The van der Waals surface area contributed by atoms with Crippen molar-refractivity contribution < 1.29 is 19.4 Å². The highest BCUT2D eigenvalue weighted by molar-refractivity contribution is 5.65. The van der Waals surface area contributed by atoms with Crippen molar-refractivity contribution in [1.29, 1.82) is 0 Å². The summed E-state index contributed by atoms with van der Waals surface area (Å²) in [6.07, 6.45) is 2.13. The molecule has 0 aromatic heterocycles. The zero-order valence-corrected chi connectivity index (χ0v) is 11.3. The summed E-state index contributed by atoms with van der Waals surface area (Å²) in [5.74, 6) is -0.340. The second-order valence-corrected chi connectivity index (χ2v) is 4.22. The molecular formula is C15H20O4. The lowest BCUT2D eigenvalue weighted by atomic mass is 10.2. The molecule has 0 aliphatic rings. The summed E-state index contributed by atoms with van der Waals surface area (Å²) in [5, 5.41) is 9.81. The Morgan fingerprint density at radius 1 is 1.37 bits per heavy atom. The average Bonchev–Trinajstić information content (AvgIpc) is 2.41. The Balaban J connectivity index is 2.28. The number of hydrogen-bond acceptors (Lipinski definition) is 4. The van der Waals surface area contributed by atoms with Crippen molar-refractivity contribution in [3.63, 3.8) is 0 Å². The van der Waals surface area contributed by atoms with Gasteiger partial charge in [0, 0.05) is 6.92 Å². The van der Waals surface area contributed by atoms with E-state index in [1.807, 2.05) is 30.3 Å². The summed E-state index contributed by atoms with van der Waals surface area (Å²) >= 11 is 0. The summed E-state index contributed by atoms with van der Waals surface area (Å²) in [6.45, 7) is 3.76. The third-order valence-electron chi connectivity index (χ3n) is 2.55. The lowest BCUT2D eigenvalue weighted by Gasteiger charge is -2.16. The highest BCUT2D eigenvalue weighted by Gasteiger charge is 2.11. The number of carbonyl (C=O) groups excluding carboxylic acids is 1. The van der Waals surface area contributed by atoms with Gasteiger partial charge in [0.15, 0.2) is 0 Å². The van der Waals surface area contributed by atoms with Crippen molar-refractivity contribution in [3.05, 3.63) is 48.0 Å². The molecule has 0 saturated carbocycles. The van der Waals surface area contributed by atoms with Crippen LogP contribution >= 0.6 is 0 Å².